The summed E-state index contributed by atoms with van der Waals surface area (Å²) in [4.78, 5) is 8.00. The monoisotopic (exact) mass is 242 g/mol. The maximum atomic E-state index is 9.91. The Labute approximate surface area is 108 Å². The normalized spacial score (nSPS) is 10.3. The molecule has 2 aromatic rings. The van der Waals surface area contributed by atoms with Crippen molar-refractivity contribution >= 4 is 6.79 Å². The van der Waals surface area contributed by atoms with Crippen molar-refractivity contribution in [3.05, 3.63) is 65.7 Å². The fourth-order valence-corrected chi connectivity index (χ4v) is 2.01. The zero-order valence-electron chi connectivity index (χ0n) is 10.8. The summed E-state index contributed by atoms with van der Waals surface area (Å²) in [5.41, 5.74) is 1.99. The highest BCUT2D eigenvalue weighted by molar-refractivity contribution is 5.44. The first-order chi connectivity index (χ1) is 8.62. The fourth-order valence-electron chi connectivity index (χ4n) is 2.01. The molecule has 0 atom stereocenters. The first kappa shape index (κ1) is 14.0. The van der Waals surface area contributed by atoms with Crippen molar-refractivity contribution in [2.24, 2.45) is 0 Å². The molecule has 0 saturated carbocycles. The average molecular weight is 242 g/mol. The van der Waals surface area contributed by atoms with Crippen molar-refractivity contribution in [2.45, 2.75) is 19.3 Å². The van der Waals surface area contributed by atoms with Crippen molar-refractivity contribution in [1.82, 2.24) is 0 Å². The van der Waals surface area contributed by atoms with Crippen LogP contribution in [0.1, 0.15) is 25.0 Å². The van der Waals surface area contributed by atoms with Gasteiger partial charge < -0.3 is 9.90 Å². The van der Waals surface area contributed by atoms with Crippen molar-refractivity contribution in [3.8, 4) is 5.75 Å². The minimum atomic E-state index is -0.174. The van der Waals surface area contributed by atoms with Crippen molar-refractivity contribution in [1.29, 1.82) is 0 Å². The van der Waals surface area contributed by atoms with Crippen LogP contribution in [0.25, 0.3) is 0 Å². The second kappa shape index (κ2) is 6.01. The van der Waals surface area contributed by atoms with Gasteiger partial charge in [-0.15, -0.1) is 0 Å². The predicted octanol–water partition coefficient (Wildman–Crippen LogP) is 3.53. The highest BCUT2D eigenvalue weighted by atomic mass is 16.3. The molecule has 0 radical (unpaired) electrons. The summed E-state index contributed by atoms with van der Waals surface area (Å²) >= 11 is 0. The van der Waals surface area contributed by atoms with Crippen molar-refractivity contribution < 1.29 is 9.90 Å². The molecule has 0 aliphatic heterocycles. The minimum absolute atomic E-state index is 0.174. The van der Waals surface area contributed by atoms with Gasteiger partial charge >= 0.3 is 0 Å². The number of hydrogen-bond acceptors (Lipinski definition) is 2. The van der Waals surface area contributed by atoms with E-state index in [4.69, 9.17) is 4.79 Å². The van der Waals surface area contributed by atoms with Gasteiger partial charge in [0.25, 0.3) is 0 Å². The summed E-state index contributed by atoms with van der Waals surface area (Å²) in [5.74, 6) is 0.358. The number of aromatic hydroxyl groups is 1. The highest BCUT2D eigenvalue weighted by Crippen LogP contribution is 2.36. The maximum absolute atomic E-state index is 9.91. The molecular formula is C16H18O2. The Hall–Kier alpha value is -2.09. The van der Waals surface area contributed by atoms with Gasteiger partial charge in [0.2, 0.25) is 0 Å². The molecular weight excluding hydrogens is 224 g/mol. The molecule has 0 aliphatic rings. The number of phenolic OH excluding ortho intramolecular Hbond substituents is 1. The quantitative estimate of drug-likeness (QED) is 0.874. The first-order valence-electron chi connectivity index (χ1n) is 5.75. The molecule has 0 aromatic heterocycles. The van der Waals surface area contributed by atoms with Crippen LogP contribution in [0, 0.1) is 0 Å². The lowest BCUT2D eigenvalue weighted by Crippen LogP contribution is -2.18. The third-order valence-corrected chi connectivity index (χ3v) is 3.07. The van der Waals surface area contributed by atoms with Crippen LogP contribution < -0.4 is 0 Å². The van der Waals surface area contributed by atoms with Crippen LogP contribution in [-0.4, -0.2) is 11.9 Å². The van der Waals surface area contributed by atoms with Gasteiger partial charge in [0.05, 0.1) is 0 Å². The van der Waals surface area contributed by atoms with E-state index in [0.29, 0.717) is 5.75 Å². The Morgan fingerprint density at radius 2 is 1.39 bits per heavy atom. The molecule has 2 nitrogen and oxygen atoms in total. The standard InChI is InChI=1S/C15H16O.CH2O/c1-15(2,12-8-4-3-5-9-12)13-10-6-7-11-14(13)16;1-2/h3-11,16H,1-2H3;1H2. The largest absolute Gasteiger partial charge is 0.508 e. The van der Waals surface area contributed by atoms with Crippen molar-refractivity contribution in [2.75, 3.05) is 0 Å². The van der Waals surface area contributed by atoms with E-state index >= 15 is 0 Å². The second-order valence-electron chi connectivity index (χ2n) is 4.51. The van der Waals surface area contributed by atoms with E-state index < -0.39 is 0 Å². The molecule has 2 aromatic carbocycles. The molecule has 2 rings (SSSR count). The number of hydrogen-bond donors (Lipinski definition) is 1. The number of phenols is 1. The van der Waals surface area contributed by atoms with Gasteiger partial charge in [-0.2, -0.15) is 0 Å². The third-order valence-electron chi connectivity index (χ3n) is 3.07. The Kier molecular flexibility index (Phi) is 4.67. The van der Waals surface area contributed by atoms with Crippen LogP contribution in [0.15, 0.2) is 54.6 Å². The Morgan fingerprint density at radius 1 is 0.889 bits per heavy atom. The molecule has 0 bridgehead atoms. The molecule has 1 N–H and O–H groups in total. The second-order valence-corrected chi connectivity index (χ2v) is 4.51. The molecule has 2 heteroatoms. The maximum Gasteiger partial charge on any atom is 0.119 e. The Morgan fingerprint density at radius 3 is 1.94 bits per heavy atom. The zero-order valence-corrected chi connectivity index (χ0v) is 10.8. The summed E-state index contributed by atoms with van der Waals surface area (Å²) in [6.45, 7) is 6.24. The van der Waals surface area contributed by atoms with E-state index in [-0.39, 0.29) is 5.41 Å². The van der Waals surface area contributed by atoms with Crippen LogP contribution >= 0.6 is 0 Å². The van der Waals surface area contributed by atoms with Crippen LogP contribution in [0.2, 0.25) is 0 Å². The first-order valence-corrected chi connectivity index (χ1v) is 5.75. The van der Waals surface area contributed by atoms with E-state index in [2.05, 4.69) is 26.0 Å². The minimum Gasteiger partial charge on any atom is -0.508 e. The van der Waals surface area contributed by atoms with Gasteiger partial charge in [0.15, 0.2) is 0 Å². The SMILES string of the molecule is C=O.CC(C)(c1ccccc1)c1ccccc1O. The zero-order chi connectivity index (χ0) is 13.6. The fraction of sp³-hybridized carbons (Fsp3) is 0.188. The number of benzene rings is 2. The third kappa shape index (κ3) is 2.77. The summed E-state index contributed by atoms with van der Waals surface area (Å²) in [5, 5.41) is 9.91. The van der Waals surface area contributed by atoms with Crippen LogP contribution in [-0.2, 0) is 10.2 Å². The average Bonchev–Trinajstić information content (AvgIpc) is 2.42. The lowest BCUT2D eigenvalue weighted by molar-refractivity contribution is -0.0979. The summed E-state index contributed by atoms with van der Waals surface area (Å²) in [6, 6.07) is 17.7. The van der Waals surface area contributed by atoms with Gasteiger partial charge in [-0.3, -0.25) is 0 Å². The summed E-state index contributed by atoms with van der Waals surface area (Å²) < 4.78 is 0. The van der Waals surface area contributed by atoms with Gasteiger partial charge in [-0.05, 0) is 11.6 Å². The number of para-hydroxylation sites is 1. The molecule has 0 saturated heterocycles. The molecule has 0 amide bonds. The van der Waals surface area contributed by atoms with Gasteiger partial charge in [0.1, 0.15) is 12.5 Å². The van der Waals surface area contributed by atoms with E-state index in [9.17, 15) is 5.11 Å². The lowest BCUT2D eigenvalue weighted by atomic mass is 9.78. The number of carbonyl (C=O) groups is 1. The highest BCUT2D eigenvalue weighted by Gasteiger charge is 2.25. The van der Waals surface area contributed by atoms with Gasteiger partial charge in [0, 0.05) is 11.0 Å². The topological polar surface area (TPSA) is 37.3 Å². The molecule has 0 fully saturated rings. The molecule has 0 aliphatic carbocycles. The smallest absolute Gasteiger partial charge is 0.119 e. The number of rotatable bonds is 2. The molecule has 18 heavy (non-hydrogen) atoms. The predicted molar refractivity (Wildman–Crippen MR) is 73.8 cm³/mol. The van der Waals surface area contributed by atoms with Crippen LogP contribution in [0.4, 0.5) is 0 Å². The molecule has 0 spiro atoms. The van der Waals surface area contributed by atoms with E-state index in [1.165, 1.54) is 5.56 Å². The van der Waals surface area contributed by atoms with E-state index in [1.54, 1.807) is 6.07 Å². The van der Waals surface area contributed by atoms with Crippen LogP contribution in [0.3, 0.4) is 0 Å². The lowest BCUT2D eigenvalue weighted by Gasteiger charge is -2.26. The van der Waals surface area contributed by atoms with Crippen molar-refractivity contribution in [3.63, 3.8) is 0 Å². The van der Waals surface area contributed by atoms with Gasteiger partial charge in [-0.1, -0.05) is 62.4 Å². The van der Waals surface area contributed by atoms with Gasteiger partial charge in [-0.25, -0.2) is 0 Å². The summed E-state index contributed by atoms with van der Waals surface area (Å²) in [6.07, 6.45) is 0. The number of carbonyl (C=O) groups excluding carboxylic acids is 1. The van der Waals surface area contributed by atoms with Crippen LogP contribution in [0.5, 0.6) is 5.75 Å². The Bertz CT molecular complexity index is 489. The van der Waals surface area contributed by atoms with E-state index in [0.717, 1.165) is 5.56 Å². The Balaban J connectivity index is 0.000000771. The summed E-state index contributed by atoms with van der Waals surface area (Å²) in [7, 11) is 0. The molecule has 94 valence electrons. The molecule has 0 unspecified atom stereocenters. The van der Waals surface area contributed by atoms with E-state index in [1.807, 2.05) is 43.2 Å². The molecule has 0 heterocycles.